The van der Waals surface area contributed by atoms with Crippen LogP contribution >= 0.6 is 90.7 Å². The molecule has 0 aliphatic rings. The van der Waals surface area contributed by atoms with Crippen LogP contribution in [0, 0.1) is 0 Å². The fourth-order valence-electron chi connectivity index (χ4n) is 7.80. The average Bonchev–Trinajstić information content (AvgIpc) is 4.09. The van der Waals surface area contributed by atoms with Gasteiger partial charge in [-0.1, -0.05) is 90.5 Å². The first-order chi connectivity index (χ1) is 28.0. The number of aryl methyl sites for hydroxylation is 2. The Bertz CT molecular complexity index is 2270. The lowest BCUT2D eigenvalue weighted by Crippen LogP contribution is -2.55. The summed E-state index contributed by atoms with van der Waals surface area (Å²) in [5, 5.41) is 4.43. The lowest BCUT2D eigenvalue weighted by Gasteiger charge is -2.30. The van der Waals surface area contributed by atoms with Crippen LogP contribution in [0.15, 0.2) is 95.7 Å². The first kappa shape index (κ1) is 41.5. The smallest absolute Gasteiger partial charge is 0.143 e. The summed E-state index contributed by atoms with van der Waals surface area (Å²) in [6.07, 6.45) is 12.4. The highest BCUT2D eigenvalue weighted by Crippen LogP contribution is 2.47. The predicted octanol–water partition coefficient (Wildman–Crippen LogP) is 18.0. The van der Waals surface area contributed by atoms with E-state index >= 15 is 0 Å². The summed E-state index contributed by atoms with van der Waals surface area (Å²) in [7, 11) is -1.97. The topological polar surface area (TPSA) is 0 Å². The zero-order valence-corrected chi connectivity index (χ0v) is 41.0. The second-order valence-electron chi connectivity index (χ2n) is 15.0. The molecule has 9 heteroatoms. The number of hydrogen-bond donors (Lipinski definition) is 0. The number of hydrogen-bond acceptors (Lipinski definition) is 8. The maximum atomic E-state index is 2.56. The zero-order chi connectivity index (χ0) is 39.2. The van der Waals surface area contributed by atoms with Crippen molar-refractivity contribution < 1.29 is 0 Å². The molecular formula is C48H52S8Si. The Balaban J connectivity index is 1.09. The number of thiophene rings is 8. The van der Waals surface area contributed by atoms with E-state index in [1.54, 1.807) is 9.00 Å². The van der Waals surface area contributed by atoms with E-state index in [-0.39, 0.29) is 0 Å². The Morgan fingerprint density at radius 3 is 1.16 bits per heavy atom. The second kappa shape index (κ2) is 19.5. The monoisotopic (exact) mass is 912 g/mol. The van der Waals surface area contributed by atoms with Crippen LogP contribution in [0.2, 0.25) is 12.1 Å². The van der Waals surface area contributed by atoms with Crippen LogP contribution in [0.3, 0.4) is 0 Å². The van der Waals surface area contributed by atoms with Gasteiger partial charge in [0.15, 0.2) is 0 Å². The minimum absolute atomic E-state index is 1.17. The van der Waals surface area contributed by atoms with Gasteiger partial charge in [-0.2, -0.15) is 0 Å². The molecule has 8 aromatic rings. The molecule has 0 aromatic carbocycles. The Morgan fingerprint density at radius 2 is 0.772 bits per heavy atom. The van der Waals surface area contributed by atoms with E-state index in [1.807, 2.05) is 68.0 Å². The molecule has 0 aliphatic carbocycles. The first-order valence-electron chi connectivity index (χ1n) is 20.8. The molecule has 8 rings (SSSR count). The van der Waals surface area contributed by atoms with E-state index in [0.717, 1.165) is 0 Å². The van der Waals surface area contributed by atoms with Crippen molar-refractivity contribution in [2.45, 2.75) is 104 Å². The van der Waals surface area contributed by atoms with Crippen LogP contribution in [0.1, 0.15) is 90.2 Å². The van der Waals surface area contributed by atoms with Gasteiger partial charge in [-0.25, -0.2) is 0 Å². The maximum absolute atomic E-state index is 2.56. The van der Waals surface area contributed by atoms with Gasteiger partial charge in [0.2, 0.25) is 0 Å². The Morgan fingerprint density at radius 1 is 0.386 bits per heavy atom. The van der Waals surface area contributed by atoms with Crippen LogP contribution in [-0.4, -0.2) is 8.07 Å². The molecule has 0 saturated carbocycles. The molecule has 0 amide bonds. The van der Waals surface area contributed by atoms with Crippen LogP contribution < -0.4 is 9.00 Å². The van der Waals surface area contributed by atoms with Gasteiger partial charge >= 0.3 is 0 Å². The summed E-state index contributed by atoms with van der Waals surface area (Å²) in [5.74, 6) is 0. The van der Waals surface area contributed by atoms with E-state index in [4.69, 9.17) is 0 Å². The molecule has 8 aromatic heterocycles. The summed E-state index contributed by atoms with van der Waals surface area (Å²) >= 11 is 15.9. The summed E-state index contributed by atoms with van der Waals surface area (Å²) in [4.78, 5) is 17.2. The molecule has 57 heavy (non-hydrogen) atoms. The molecule has 0 fully saturated rings. The Kier molecular flexibility index (Phi) is 14.2. The van der Waals surface area contributed by atoms with Crippen LogP contribution in [0.25, 0.3) is 58.5 Å². The van der Waals surface area contributed by atoms with Crippen molar-refractivity contribution in [3.05, 3.63) is 107 Å². The standard InChI is InChI=1S/C48H52S8Si/c1-5-9-15-33-31-43(55-47(33)41-17-13-27-49-41)39-21-19-35(51-39)37-23-25-45(53-37)57(29-11-7-3,30-12-8-4)46-26-24-38(54-46)36-20-22-40(52-36)44-32-34(16-10-6-2)48(56-44)42-18-14-28-50-42/h13-14,17-28,31-32H,5-12,15-16,29-30H2,1-4H3. The third-order valence-electron chi connectivity index (χ3n) is 11.0. The Hall–Kier alpha value is -2.18. The van der Waals surface area contributed by atoms with Crippen molar-refractivity contribution in [1.82, 2.24) is 0 Å². The van der Waals surface area contributed by atoms with E-state index in [9.17, 15) is 0 Å². The number of unbranched alkanes of at least 4 members (excludes halogenated alkanes) is 4. The molecule has 0 atom stereocenters. The normalized spacial score (nSPS) is 12.0. The molecule has 0 bridgehead atoms. The maximum Gasteiger partial charge on any atom is 0.143 e. The third-order valence-corrected chi connectivity index (χ3v) is 27.8. The van der Waals surface area contributed by atoms with E-state index in [2.05, 4.69) is 146 Å². The van der Waals surface area contributed by atoms with Crippen LogP contribution in [0.5, 0.6) is 0 Å². The minimum atomic E-state index is -1.97. The van der Waals surface area contributed by atoms with Gasteiger partial charge in [0, 0.05) is 58.5 Å². The van der Waals surface area contributed by atoms with Gasteiger partial charge in [0.1, 0.15) is 8.07 Å². The van der Waals surface area contributed by atoms with Crippen molar-refractivity contribution in [2.75, 3.05) is 0 Å². The molecule has 296 valence electrons. The van der Waals surface area contributed by atoms with Gasteiger partial charge in [-0.05, 0) is 129 Å². The van der Waals surface area contributed by atoms with Gasteiger partial charge in [-0.15, -0.1) is 90.7 Å². The molecule has 0 aliphatic heterocycles. The van der Waals surface area contributed by atoms with E-state index < -0.39 is 8.07 Å². The van der Waals surface area contributed by atoms with Crippen molar-refractivity contribution in [3.63, 3.8) is 0 Å². The summed E-state index contributed by atoms with van der Waals surface area (Å²) in [6, 6.07) is 36.3. The highest BCUT2D eigenvalue weighted by Gasteiger charge is 2.39. The molecule has 8 heterocycles. The molecule has 0 saturated heterocycles. The molecule has 0 N–H and O–H groups in total. The molecule has 0 spiro atoms. The molecule has 0 unspecified atom stereocenters. The van der Waals surface area contributed by atoms with Crippen molar-refractivity contribution in [1.29, 1.82) is 0 Å². The van der Waals surface area contributed by atoms with Gasteiger partial charge in [-0.3, -0.25) is 0 Å². The highest BCUT2D eigenvalue weighted by molar-refractivity contribution is 7.40. The SMILES string of the molecule is CCCCc1cc(-c2ccc(-c3ccc([Si](CCCC)(CCCC)c4ccc(-c5ccc(-c6cc(CCCC)c(-c7cccs7)s6)s5)s4)s3)s2)sc1-c1cccs1. The van der Waals surface area contributed by atoms with Crippen molar-refractivity contribution >= 4 is 108 Å². The van der Waals surface area contributed by atoms with Crippen LogP contribution in [0.4, 0.5) is 0 Å². The fraction of sp³-hybridized carbons (Fsp3) is 0.333. The largest absolute Gasteiger partial charge is 0.144 e. The van der Waals surface area contributed by atoms with Gasteiger partial charge in [0.05, 0.1) is 0 Å². The van der Waals surface area contributed by atoms with E-state index in [1.165, 1.54) is 146 Å². The Labute approximate surface area is 373 Å². The summed E-state index contributed by atoms with van der Waals surface area (Å²) in [6.45, 7) is 9.36. The molecule has 0 nitrogen and oxygen atoms in total. The fourth-order valence-corrected chi connectivity index (χ4v) is 24.4. The second-order valence-corrected chi connectivity index (χ2v) is 28.3. The lowest BCUT2D eigenvalue weighted by atomic mass is 10.1. The van der Waals surface area contributed by atoms with Gasteiger partial charge < -0.3 is 0 Å². The van der Waals surface area contributed by atoms with Crippen molar-refractivity contribution in [3.8, 4) is 58.5 Å². The van der Waals surface area contributed by atoms with E-state index in [0.29, 0.717) is 0 Å². The number of rotatable bonds is 20. The third kappa shape index (κ3) is 9.13. The highest BCUT2D eigenvalue weighted by atomic mass is 32.1. The predicted molar refractivity (Wildman–Crippen MR) is 270 cm³/mol. The summed E-state index contributed by atoms with van der Waals surface area (Å²) in [5.41, 5.74) is 3.05. The lowest BCUT2D eigenvalue weighted by molar-refractivity contribution is 0.798. The minimum Gasteiger partial charge on any atom is -0.144 e. The van der Waals surface area contributed by atoms with Crippen LogP contribution in [-0.2, 0) is 12.8 Å². The van der Waals surface area contributed by atoms with Crippen molar-refractivity contribution in [2.24, 2.45) is 0 Å². The summed E-state index contributed by atoms with van der Waals surface area (Å²) < 4.78 is 3.37. The molecular weight excluding hydrogens is 861 g/mol. The average molecular weight is 914 g/mol. The zero-order valence-electron chi connectivity index (χ0n) is 33.5. The quantitative estimate of drug-likeness (QED) is 0.0669. The van der Waals surface area contributed by atoms with Gasteiger partial charge in [0.25, 0.3) is 0 Å². The first-order valence-corrected chi connectivity index (χ1v) is 29.9. The molecule has 0 radical (unpaired) electrons.